The third kappa shape index (κ3) is 32.5. The van der Waals surface area contributed by atoms with E-state index in [1.54, 1.807) is 6.08 Å². The Hall–Kier alpha value is -1.80. The van der Waals surface area contributed by atoms with E-state index >= 15 is 0 Å². The van der Waals surface area contributed by atoms with E-state index in [2.05, 4.69) is 67.8 Å². The van der Waals surface area contributed by atoms with Gasteiger partial charge >= 0.3 is 7.82 Å². The van der Waals surface area contributed by atoms with Crippen LogP contribution < -0.4 is 11.1 Å². The molecule has 0 radical (unpaired) electrons. The second-order valence-electron chi connectivity index (χ2n) is 12.0. The molecule has 0 aromatic carbocycles. The number of rotatable bonds is 33. The number of nitrogens with one attached hydrogen (secondary N) is 1. The van der Waals surface area contributed by atoms with E-state index in [0.29, 0.717) is 6.42 Å². The number of unbranched alkanes of at least 4 members (excludes halogenated alkanes) is 13. The van der Waals surface area contributed by atoms with Gasteiger partial charge in [-0.2, -0.15) is 0 Å². The van der Waals surface area contributed by atoms with Gasteiger partial charge in [0.25, 0.3) is 0 Å². The molecular weight excluding hydrogens is 611 g/mol. The second kappa shape index (κ2) is 34.1. The highest BCUT2D eigenvalue weighted by Gasteiger charge is 2.26. The molecule has 0 rings (SSSR count). The topological polar surface area (TPSA) is 131 Å². The highest BCUT2D eigenvalue weighted by molar-refractivity contribution is 7.47. The molecule has 0 aliphatic heterocycles. The largest absolute Gasteiger partial charge is 0.472 e. The van der Waals surface area contributed by atoms with E-state index in [9.17, 15) is 19.4 Å². The number of hydrogen-bond acceptors (Lipinski definition) is 6. The van der Waals surface area contributed by atoms with E-state index in [1.165, 1.54) is 44.9 Å². The number of aliphatic hydroxyl groups is 1. The van der Waals surface area contributed by atoms with Crippen molar-refractivity contribution in [3.63, 3.8) is 0 Å². The lowest BCUT2D eigenvalue weighted by molar-refractivity contribution is -0.123. The van der Waals surface area contributed by atoms with Crippen molar-refractivity contribution in [3.8, 4) is 0 Å². The molecule has 3 unspecified atom stereocenters. The SMILES string of the molecule is CC/C=C\C/C=C\C/C=C\CCCCCCCC(=O)NC(COP(=O)(O)OCCN)C(O)/C=C/CC/C=C/CCCCCCCCC. The first-order valence-electron chi connectivity index (χ1n) is 18.4. The van der Waals surface area contributed by atoms with Gasteiger partial charge in [0, 0.05) is 13.0 Å². The molecule has 0 aromatic heterocycles. The predicted molar refractivity (Wildman–Crippen MR) is 198 cm³/mol. The molecule has 0 aromatic rings. The van der Waals surface area contributed by atoms with Crippen LogP contribution in [0.15, 0.2) is 60.8 Å². The molecule has 3 atom stereocenters. The number of phosphoric ester groups is 1. The number of carbonyl (C=O) groups excluding carboxylic acids is 1. The van der Waals surface area contributed by atoms with Crippen molar-refractivity contribution in [2.45, 2.75) is 154 Å². The van der Waals surface area contributed by atoms with Gasteiger partial charge < -0.3 is 21.1 Å². The molecule has 0 bridgehead atoms. The van der Waals surface area contributed by atoms with E-state index in [-0.39, 0.29) is 25.7 Å². The fourth-order valence-electron chi connectivity index (χ4n) is 4.81. The Labute approximate surface area is 287 Å². The molecule has 0 saturated heterocycles. The van der Waals surface area contributed by atoms with Crippen molar-refractivity contribution in [1.29, 1.82) is 0 Å². The van der Waals surface area contributed by atoms with Gasteiger partial charge in [0.05, 0.1) is 25.4 Å². The highest BCUT2D eigenvalue weighted by atomic mass is 31.2. The van der Waals surface area contributed by atoms with Gasteiger partial charge in [0.1, 0.15) is 0 Å². The smallest absolute Gasteiger partial charge is 0.387 e. The summed E-state index contributed by atoms with van der Waals surface area (Å²) in [6.07, 6.45) is 41.2. The minimum absolute atomic E-state index is 0.0681. The maximum absolute atomic E-state index is 12.7. The van der Waals surface area contributed by atoms with Gasteiger partial charge in [0.2, 0.25) is 5.91 Å². The van der Waals surface area contributed by atoms with Crippen LogP contribution in [0.3, 0.4) is 0 Å². The number of amides is 1. The standard InChI is InChI=1S/C38H69N2O6P/c1-3-5-7-9-11-13-15-17-18-20-22-24-26-28-30-32-38(42)40-36(35-46-47(43,44)45-34-33-39)37(41)31-29-27-25-23-21-19-16-14-12-10-8-6-4-2/h5,7,11,13,17-18,21,23,29,31,36-37,41H,3-4,6,8-10,12,14-16,19-20,22,24-28,30,32-35,39H2,1-2H3,(H,40,42)(H,43,44)/b7-5-,13-11-,18-17-,23-21+,31-29+. The lowest BCUT2D eigenvalue weighted by Crippen LogP contribution is -2.45. The quantitative estimate of drug-likeness (QED) is 0.0308. The molecule has 0 fully saturated rings. The van der Waals surface area contributed by atoms with Crippen molar-refractivity contribution in [3.05, 3.63) is 60.8 Å². The molecule has 0 saturated carbocycles. The van der Waals surface area contributed by atoms with Gasteiger partial charge in [-0.05, 0) is 64.2 Å². The Morgan fingerprint density at radius 2 is 1.26 bits per heavy atom. The van der Waals surface area contributed by atoms with Crippen molar-refractivity contribution in [1.82, 2.24) is 5.32 Å². The summed E-state index contributed by atoms with van der Waals surface area (Å²) in [5, 5.41) is 13.5. The molecule has 0 aliphatic carbocycles. The van der Waals surface area contributed by atoms with Crippen molar-refractivity contribution in [2.75, 3.05) is 19.8 Å². The first-order chi connectivity index (χ1) is 22.9. The zero-order chi connectivity index (χ0) is 34.7. The monoisotopic (exact) mass is 680 g/mol. The van der Waals surface area contributed by atoms with E-state index in [1.807, 2.05) is 6.08 Å². The van der Waals surface area contributed by atoms with Crippen molar-refractivity contribution in [2.24, 2.45) is 5.73 Å². The van der Waals surface area contributed by atoms with Crippen LogP contribution >= 0.6 is 7.82 Å². The van der Waals surface area contributed by atoms with Crippen molar-refractivity contribution < 1.29 is 28.4 Å². The van der Waals surface area contributed by atoms with Crippen LogP contribution in [0.1, 0.15) is 142 Å². The summed E-state index contributed by atoms with van der Waals surface area (Å²) >= 11 is 0. The molecule has 0 aliphatic rings. The Morgan fingerprint density at radius 1 is 0.723 bits per heavy atom. The van der Waals surface area contributed by atoms with Crippen LogP contribution in [0.25, 0.3) is 0 Å². The lowest BCUT2D eigenvalue weighted by atomic mass is 10.1. The fraction of sp³-hybridized carbons (Fsp3) is 0.711. The van der Waals surface area contributed by atoms with Gasteiger partial charge in [-0.15, -0.1) is 0 Å². The average molecular weight is 681 g/mol. The van der Waals surface area contributed by atoms with E-state index < -0.39 is 20.0 Å². The summed E-state index contributed by atoms with van der Waals surface area (Å²) in [6, 6.07) is -0.886. The normalized spacial score (nSPS) is 15.1. The predicted octanol–water partition coefficient (Wildman–Crippen LogP) is 9.55. The van der Waals surface area contributed by atoms with Gasteiger partial charge in [-0.3, -0.25) is 13.8 Å². The van der Waals surface area contributed by atoms with Crippen LogP contribution in [0.4, 0.5) is 0 Å². The molecule has 9 heteroatoms. The molecule has 8 nitrogen and oxygen atoms in total. The zero-order valence-electron chi connectivity index (χ0n) is 29.7. The van der Waals surface area contributed by atoms with Crippen LogP contribution in [0, 0.1) is 0 Å². The summed E-state index contributed by atoms with van der Waals surface area (Å²) in [5.41, 5.74) is 5.35. The molecule has 5 N–H and O–H groups in total. The Morgan fingerprint density at radius 3 is 1.89 bits per heavy atom. The zero-order valence-corrected chi connectivity index (χ0v) is 30.6. The Bertz CT molecular complexity index is 918. The molecule has 272 valence electrons. The fourth-order valence-corrected chi connectivity index (χ4v) is 5.57. The third-order valence-corrected chi connectivity index (χ3v) is 8.56. The van der Waals surface area contributed by atoms with Gasteiger partial charge in [-0.25, -0.2) is 4.57 Å². The summed E-state index contributed by atoms with van der Waals surface area (Å²) in [6.45, 7) is 3.94. The molecule has 1 amide bonds. The summed E-state index contributed by atoms with van der Waals surface area (Å²) in [5.74, 6) is -0.226. The van der Waals surface area contributed by atoms with E-state index in [4.69, 9.17) is 14.8 Å². The Balaban J connectivity index is 4.43. The van der Waals surface area contributed by atoms with Crippen LogP contribution in [-0.2, 0) is 18.4 Å². The molecule has 0 heterocycles. The van der Waals surface area contributed by atoms with Crippen LogP contribution in [-0.4, -0.2) is 47.8 Å². The van der Waals surface area contributed by atoms with E-state index in [0.717, 1.165) is 77.0 Å². The molecule has 0 spiro atoms. The summed E-state index contributed by atoms with van der Waals surface area (Å²) < 4.78 is 22.0. The number of carbonyl (C=O) groups is 1. The summed E-state index contributed by atoms with van der Waals surface area (Å²) in [7, 11) is -4.35. The maximum Gasteiger partial charge on any atom is 0.472 e. The highest BCUT2D eigenvalue weighted by Crippen LogP contribution is 2.43. The first kappa shape index (κ1) is 45.2. The molecule has 47 heavy (non-hydrogen) atoms. The summed E-state index contributed by atoms with van der Waals surface area (Å²) in [4.78, 5) is 22.6. The minimum Gasteiger partial charge on any atom is -0.387 e. The number of allylic oxidation sites excluding steroid dienone is 9. The number of aliphatic hydroxyl groups excluding tert-OH is 1. The van der Waals surface area contributed by atoms with Crippen LogP contribution in [0.2, 0.25) is 0 Å². The maximum atomic E-state index is 12.7. The van der Waals surface area contributed by atoms with Crippen LogP contribution in [0.5, 0.6) is 0 Å². The van der Waals surface area contributed by atoms with Gasteiger partial charge in [0.15, 0.2) is 0 Å². The van der Waals surface area contributed by atoms with Gasteiger partial charge in [-0.1, -0.05) is 132 Å². The minimum atomic E-state index is -4.35. The third-order valence-electron chi connectivity index (χ3n) is 7.58. The average Bonchev–Trinajstić information content (AvgIpc) is 3.05. The second-order valence-corrected chi connectivity index (χ2v) is 13.5. The van der Waals surface area contributed by atoms with Crippen molar-refractivity contribution >= 4 is 13.7 Å². The number of hydrogen-bond donors (Lipinski definition) is 4. The lowest BCUT2D eigenvalue weighted by Gasteiger charge is -2.23. The number of phosphoric acid groups is 1. The number of nitrogens with two attached hydrogens (primary N) is 1. The first-order valence-corrected chi connectivity index (χ1v) is 19.9. The Kier molecular flexibility index (Phi) is 32.8. The molecular formula is C38H69N2O6P.